The van der Waals surface area contributed by atoms with E-state index in [2.05, 4.69) is 15.6 Å². The fraction of sp³-hybridized carbons (Fsp3) is 0.111. The lowest BCUT2D eigenvalue weighted by molar-refractivity contribution is 0.252. The van der Waals surface area contributed by atoms with Crippen molar-refractivity contribution in [2.45, 2.75) is 13.5 Å². The number of carbonyl (C=O) groups excluding carboxylic acids is 1. The highest BCUT2D eigenvalue weighted by Gasteiger charge is 2.06. The summed E-state index contributed by atoms with van der Waals surface area (Å²) >= 11 is 5.85. The number of benzene rings is 2. The number of anilines is 1. The van der Waals surface area contributed by atoms with Crippen molar-refractivity contribution in [3.63, 3.8) is 0 Å². The van der Waals surface area contributed by atoms with Crippen LogP contribution in [0.5, 0.6) is 0 Å². The standard InChI is InChI=1S/C18H16ClN3O/c1-12-9-16-14(11-20-12)3-2-4-17(16)22-18(23)21-10-13-5-7-15(19)8-6-13/h2-9,11H,10H2,1H3,(H2,21,22,23). The number of halogens is 1. The SMILES string of the molecule is Cc1cc2c(NC(=O)NCc3ccc(Cl)cc3)cccc2cn1. The van der Waals surface area contributed by atoms with Crippen LogP contribution >= 0.6 is 11.6 Å². The smallest absolute Gasteiger partial charge is 0.319 e. The molecule has 3 rings (SSSR count). The number of aryl methyl sites for hydroxylation is 1. The van der Waals surface area contributed by atoms with Crippen LogP contribution in [0, 0.1) is 6.92 Å². The van der Waals surface area contributed by atoms with Crippen LogP contribution in [0.1, 0.15) is 11.3 Å². The van der Waals surface area contributed by atoms with Crippen molar-refractivity contribution in [2.75, 3.05) is 5.32 Å². The van der Waals surface area contributed by atoms with Gasteiger partial charge in [-0.2, -0.15) is 0 Å². The molecule has 0 aliphatic carbocycles. The third-order valence-electron chi connectivity index (χ3n) is 3.51. The van der Waals surface area contributed by atoms with E-state index in [4.69, 9.17) is 11.6 Å². The second kappa shape index (κ2) is 6.67. The van der Waals surface area contributed by atoms with Gasteiger partial charge in [0.1, 0.15) is 0 Å². The molecule has 0 bridgehead atoms. The fourth-order valence-corrected chi connectivity index (χ4v) is 2.46. The lowest BCUT2D eigenvalue weighted by Gasteiger charge is -2.10. The molecule has 1 heterocycles. The molecule has 5 heteroatoms. The van der Waals surface area contributed by atoms with Crippen molar-refractivity contribution in [1.82, 2.24) is 10.3 Å². The second-order valence-corrected chi connectivity index (χ2v) is 5.72. The first-order valence-corrected chi connectivity index (χ1v) is 7.64. The number of urea groups is 1. The number of fused-ring (bicyclic) bond motifs is 1. The highest BCUT2D eigenvalue weighted by molar-refractivity contribution is 6.30. The van der Waals surface area contributed by atoms with Crippen molar-refractivity contribution >= 4 is 34.1 Å². The Morgan fingerprint density at radius 2 is 1.96 bits per heavy atom. The van der Waals surface area contributed by atoms with E-state index in [-0.39, 0.29) is 6.03 Å². The molecule has 0 atom stereocenters. The average molecular weight is 326 g/mol. The van der Waals surface area contributed by atoms with Gasteiger partial charge in [0.05, 0.1) is 5.69 Å². The van der Waals surface area contributed by atoms with E-state index >= 15 is 0 Å². The van der Waals surface area contributed by atoms with Crippen LogP contribution in [0.4, 0.5) is 10.5 Å². The summed E-state index contributed by atoms with van der Waals surface area (Å²) in [5.74, 6) is 0. The summed E-state index contributed by atoms with van der Waals surface area (Å²) in [5.41, 5.74) is 2.66. The van der Waals surface area contributed by atoms with Gasteiger partial charge < -0.3 is 10.6 Å². The topological polar surface area (TPSA) is 54.0 Å². The third-order valence-corrected chi connectivity index (χ3v) is 3.77. The fourth-order valence-electron chi connectivity index (χ4n) is 2.33. The molecule has 0 fully saturated rings. The third kappa shape index (κ3) is 3.79. The number of rotatable bonds is 3. The van der Waals surface area contributed by atoms with Gasteiger partial charge in [0.2, 0.25) is 0 Å². The van der Waals surface area contributed by atoms with Crippen LogP contribution in [-0.2, 0) is 6.54 Å². The molecule has 3 aromatic rings. The monoisotopic (exact) mass is 325 g/mol. The average Bonchev–Trinajstić information content (AvgIpc) is 2.55. The van der Waals surface area contributed by atoms with Crippen LogP contribution in [0.3, 0.4) is 0 Å². The first-order chi connectivity index (χ1) is 11.1. The Morgan fingerprint density at radius 1 is 1.17 bits per heavy atom. The molecule has 4 nitrogen and oxygen atoms in total. The van der Waals surface area contributed by atoms with Gasteiger partial charge in [-0.05, 0) is 36.8 Å². The maximum atomic E-state index is 12.1. The van der Waals surface area contributed by atoms with Gasteiger partial charge in [-0.1, -0.05) is 35.9 Å². The Balaban J connectivity index is 1.70. The lowest BCUT2D eigenvalue weighted by atomic mass is 10.1. The van der Waals surface area contributed by atoms with Gasteiger partial charge in [0.15, 0.2) is 0 Å². The Hall–Kier alpha value is -2.59. The van der Waals surface area contributed by atoms with E-state index in [1.165, 1.54) is 0 Å². The molecule has 0 saturated heterocycles. The predicted octanol–water partition coefficient (Wildman–Crippen LogP) is 4.52. The zero-order valence-electron chi connectivity index (χ0n) is 12.6. The summed E-state index contributed by atoms with van der Waals surface area (Å²) in [6.45, 7) is 2.37. The largest absolute Gasteiger partial charge is 0.334 e. The maximum Gasteiger partial charge on any atom is 0.319 e. The second-order valence-electron chi connectivity index (χ2n) is 5.29. The molecular formula is C18H16ClN3O. The lowest BCUT2D eigenvalue weighted by Crippen LogP contribution is -2.28. The van der Waals surface area contributed by atoms with Gasteiger partial charge >= 0.3 is 6.03 Å². The van der Waals surface area contributed by atoms with Crippen molar-refractivity contribution in [1.29, 1.82) is 0 Å². The number of hydrogen-bond donors (Lipinski definition) is 2. The van der Waals surface area contributed by atoms with Crippen molar-refractivity contribution in [3.05, 3.63) is 71.0 Å². The van der Waals surface area contributed by atoms with E-state index in [0.717, 1.165) is 27.7 Å². The van der Waals surface area contributed by atoms with Gasteiger partial charge in [-0.25, -0.2) is 4.79 Å². The number of pyridine rings is 1. The Kier molecular flexibility index (Phi) is 4.44. The van der Waals surface area contributed by atoms with Crippen molar-refractivity contribution in [2.24, 2.45) is 0 Å². The molecular weight excluding hydrogens is 310 g/mol. The number of nitrogens with one attached hydrogen (secondary N) is 2. The minimum absolute atomic E-state index is 0.248. The van der Waals surface area contributed by atoms with Gasteiger partial charge in [0.25, 0.3) is 0 Å². The molecule has 23 heavy (non-hydrogen) atoms. The Labute approximate surface area is 139 Å². The van der Waals surface area contributed by atoms with E-state index in [9.17, 15) is 4.79 Å². The molecule has 2 N–H and O–H groups in total. The first-order valence-electron chi connectivity index (χ1n) is 7.26. The summed E-state index contributed by atoms with van der Waals surface area (Å²) in [5, 5.41) is 8.37. The van der Waals surface area contributed by atoms with Gasteiger partial charge in [-0.15, -0.1) is 0 Å². The number of carbonyl (C=O) groups is 1. The number of amides is 2. The van der Waals surface area contributed by atoms with Crippen LogP contribution in [-0.4, -0.2) is 11.0 Å². The molecule has 0 saturated carbocycles. The van der Waals surface area contributed by atoms with Crippen LogP contribution < -0.4 is 10.6 Å². The summed E-state index contributed by atoms with van der Waals surface area (Å²) in [4.78, 5) is 16.4. The summed E-state index contributed by atoms with van der Waals surface area (Å²) in [6, 6.07) is 14.8. The molecule has 1 aromatic heterocycles. The highest BCUT2D eigenvalue weighted by atomic mass is 35.5. The maximum absolute atomic E-state index is 12.1. The molecule has 0 unspecified atom stereocenters. The molecule has 0 aliphatic rings. The number of aromatic nitrogens is 1. The van der Waals surface area contributed by atoms with E-state index in [1.807, 2.05) is 49.5 Å². The molecule has 0 spiro atoms. The molecule has 2 aromatic carbocycles. The van der Waals surface area contributed by atoms with E-state index in [1.54, 1.807) is 12.1 Å². The van der Waals surface area contributed by atoms with Crippen LogP contribution in [0.15, 0.2) is 54.7 Å². The first kappa shape index (κ1) is 15.3. The van der Waals surface area contributed by atoms with Crippen molar-refractivity contribution < 1.29 is 4.79 Å². The molecule has 116 valence electrons. The van der Waals surface area contributed by atoms with Gasteiger partial charge in [0, 0.05) is 34.2 Å². The zero-order valence-corrected chi connectivity index (χ0v) is 13.4. The Morgan fingerprint density at radius 3 is 2.74 bits per heavy atom. The van der Waals surface area contributed by atoms with Crippen LogP contribution in [0.25, 0.3) is 10.8 Å². The number of hydrogen-bond acceptors (Lipinski definition) is 2. The van der Waals surface area contributed by atoms with E-state index in [0.29, 0.717) is 11.6 Å². The molecule has 0 radical (unpaired) electrons. The summed E-state index contributed by atoms with van der Waals surface area (Å²) in [6.07, 6.45) is 1.81. The summed E-state index contributed by atoms with van der Waals surface area (Å²) in [7, 11) is 0. The normalized spacial score (nSPS) is 10.5. The van der Waals surface area contributed by atoms with Gasteiger partial charge in [-0.3, -0.25) is 4.98 Å². The predicted molar refractivity (Wildman–Crippen MR) is 93.8 cm³/mol. The van der Waals surface area contributed by atoms with E-state index < -0.39 is 0 Å². The quantitative estimate of drug-likeness (QED) is 0.744. The van der Waals surface area contributed by atoms with Crippen LogP contribution in [0.2, 0.25) is 5.02 Å². The molecule has 2 amide bonds. The summed E-state index contributed by atoms with van der Waals surface area (Å²) < 4.78 is 0. The molecule has 0 aliphatic heterocycles. The van der Waals surface area contributed by atoms with Crippen molar-refractivity contribution in [3.8, 4) is 0 Å². The number of nitrogens with zero attached hydrogens (tertiary/aromatic N) is 1. The minimum Gasteiger partial charge on any atom is -0.334 e. The zero-order chi connectivity index (χ0) is 16.2. The minimum atomic E-state index is -0.248. The Bertz CT molecular complexity index is 847. The highest BCUT2D eigenvalue weighted by Crippen LogP contribution is 2.23.